The molecule has 2 N–H and O–H groups in total. The van der Waals surface area contributed by atoms with E-state index in [1.165, 1.54) is 0 Å². The standard InChI is InChI=1S/C19H21ClN6/c1-26(2)12-11-22-19-24-17(16-9-5-6-10-21-16)13-18(25-19)23-15-8-4-3-7-14(15)20/h3-10,13H,11-12H2,1-2H3,(H2,22,23,24,25). The number of nitrogens with one attached hydrogen (secondary N) is 2. The number of hydrogen-bond donors (Lipinski definition) is 2. The van der Waals surface area contributed by atoms with Gasteiger partial charge in [0.1, 0.15) is 5.82 Å². The number of pyridine rings is 1. The van der Waals surface area contributed by atoms with Crippen LogP contribution in [0.3, 0.4) is 0 Å². The van der Waals surface area contributed by atoms with Crippen molar-refractivity contribution in [3.8, 4) is 11.4 Å². The molecule has 0 saturated carbocycles. The van der Waals surface area contributed by atoms with Crippen LogP contribution >= 0.6 is 11.6 Å². The zero-order valence-corrected chi connectivity index (χ0v) is 15.5. The van der Waals surface area contributed by atoms with Gasteiger partial charge in [-0.3, -0.25) is 4.98 Å². The van der Waals surface area contributed by atoms with Crippen LogP contribution in [0.2, 0.25) is 5.02 Å². The summed E-state index contributed by atoms with van der Waals surface area (Å²) in [4.78, 5) is 15.6. The summed E-state index contributed by atoms with van der Waals surface area (Å²) in [6.07, 6.45) is 1.75. The van der Waals surface area contributed by atoms with Crippen molar-refractivity contribution >= 4 is 29.1 Å². The number of anilines is 3. The fraction of sp³-hybridized carbons (Fsp3) is 0.211. The van der Waals surface area contributed by atoms with Crippen LogP contribution < -0.4 is 10.6 Å². The molecule has 0 unspecified atom stereocenters. The van der Waals surface area contributed by atoms with E-state index in [0.29, 0.717) is 16.8 Å². The highest BCUT2D eigenvalue weighted by molar-refractivity contribution is 6.33. The van der Waals surface area contributed by atoms with Gasteiger partial charge in [0.05, 0.1) is 22.1 Å². The molecule has 7 heteroatoms. The van der Waals surface area contributed by atoms with E-state index in [1.54, 1.807) is 6.20 Å². The van der Waals surface area contributed by atoms with E-state index in [4.69, 9.17) is 11.6 Å². The quantitative estimate of drug-likeness (QED) is 0.659. The van der Waals surface area contributed by atoms with Gasteiger partial charge in [-0.1, -0.05) is 29.8 Å². The Bertz CT molecular complexity index is 854. The summed E-state index contributed by atoms with van der Waals surface area (Å²) >= 11 is 6.25. The molecule has 0 aliphatic rings. The van der Waals surface area contributed by atoms with Crippen molar-refractivity contribution in [2.24, 2.45) is 0 Å². The van der Waals surface area contributed by atoms with Crippen LogP contribution in [0.15, 0.2) is 54.7 Å². The van der Waals surface area contributed by atoms with Crippen molar-refractivity contribution in [2.75, 3.05) is 37.8 Å². The summed E-state index contributed by atoms with van der Waals surface area (Å²) in [7, 11) is 4.05. The Balaban J connectivity index is 1.90. The maximum absolute atomic E-state index is 6.25. The smallest absolute Gasteiger partial charge is 0.225 e. The average molecular weight is 369 g/mol. The molecule has 3 rings (SSSR count). The summed E-state index contributed by atoms with van der Waals surface area (Å²) in [5.41, 5.74) is 2.31. The lowest BCUT2D eigenvalue weighted by atomic mass is 10.2. The number of rotatable bonds is 7. The van der Waals surface area contributed by atoms with Crippen molar-refractivity contribution in [2.45, 2.75) is 0 Å². The van der Waals surface area contributed by atoms with Gasteiger partial charge in [0, 0.05) is 25.4 Å². The van der Waals surface area contributed by atoms with Gasteiger partial charge in [0.15, 0.2) is 0 Å². The molecule has 26 heavy (non-hydrogen) atoms. The van der Waals surface area contributed by atoms with Gasteiger partial charge in [-0.2, -0.15) is 4.98 Å². The summed E-state index contributed by atoms with van der Waals surface area (Å²) < 4.78 is 0. The fourth-order valence-electron chi connectivity index (χ4n) is 2.33. The molecule has 2 heterocycles. The molecule has 0 saturated heterocycles. The normalized spacial score (nSPS) is 10.8. The van der Waals surface area contributed by atoms with Gasteiger partial charge in [-0.15, -0.1) is 0 Å². The second kappa shape index (κ2) is 8.60. The predicted molar refractivity (Wildman–Crippen MR) is 107 cm³/mol. The molecule has 0 atom stereocenters. The van der Waals surface area contributed by atoms with Crippen LogP contribution in [-0.4, -0.2) is 47.0 Å². The Morgan fingerprint density at radius 3 is 2.54 bits per heavy atom. The number of benzene rings is 1. The van der Waals surface area contributed by atoms with E-state index in [-0.39, 0.29) is 0 Å². The van der Waals surface area contributed by atoms with Crippen LogP contribution in [0, 0.1) is 0 Å². The second-order valence-corrected chi connectivity index (χ2v) is 6.42. The van der Waals surface area contributed by atoms with Crippen LogP contribution in [-0.2, 0) is 0 Å². The third-order valence-electron chi connectivity index (χ3n) is 3.63. The first-order valence-corrected chi connectivity index (χ1v) is 8.70. The van der Waals surface area contributed by atoms with E-state index < -0.39 is 0 Å². The molecule has 0 bridgehead atoms. The third-order valence-corrected chi connectivity index (χ3v) is 3.96. The van der Waals surface area contributed by atoms with Crippen LogP contribution in [0.1, 0.15) is 0 Å². The summed E-state index contributed by atoms with van der Waals surface area (Å²) in [5, 5.41) is 7.16. The van der Waals surface area contributed by atoms with Gasteiger partial charge in [0.25, 0.3) is 0 Å². The second-order valence-electron chi connectivity index (χ2n) is 6.01. The van der Waals surface area contributed by atoms with Crippen molar-refractivity contribution in [1.29, 1.82) is 0 Å². The summed E-state index contributed by atoms with van der Waals surface area (Å²) in [5.74, 6) is 1.20. The molecule has 0 aliphatic heterocycles. The van der Waals surface area contributed by atoms with Crippen LogP contribution in [0.4, 0.5) is 17.5 Å². The highest BCUT2D eigenvalue weighted by atomic mass is 35.5. The van der Waals surface area contributed by atoms with Gasteiger partial charge >= 0.3 is 0 Å². The Morgan fingerprint density at radius 2 is 1.81 bits per heavy atom. The zero-order valence-electron chi connectivity index (χ0n) is 14.8. The maximum Gasteiger partial charge on any atom is 0.225 e. The number of hydrogen-bond acceptors (Lipinski definition) is 6. The SMILES string of the molecule is CN(C)CCNc1nc(Nc2ccccc2Cl)cc(-c2ccccn2)n1. The molecular weight excluding hydrogens is 348 g/mol. The minimum Gasteiger partial charge on any atom is -0.353 e. The molecule has 134 valence electrons. The van der Waals surface area contributed by atoms with Gasteiger partial charge in [0.2, 0.25) is 5.95 Å². The lowest BCUT2D eigenvalue weighted by Gasteiger charge is -2.13. The molecule has 0 radical (unpaired) electrons. The monoisotopic (exact) mass is 368 g/mol. The number of para-hydroxylation sites is 1. The maximum atomic E-state index is 6.25. The van der Waals surface area contributed by atoms with Crippen molar-refractivity contribution < 1.29 is 0 Å². The topological polar surface area (TPSA) is 66.0 Å². The molecular formula is C19H21ClN6. The highest BCUT2D eigenvalue weighted by Gasteiger charge is 2.09. The average Bonchev–Trinajstić information content (AvgIpc) is 2.64. The van der Waals surface area contributed by atoms with E-state index in [2.05, 4.69) is 30.5 Å². The van der Waals surface area contributed by atoms with E-state index in [9.17, 15) is 0 Å². The highest BCUT2D eigenvalue weighted by Crippen LogP contribution is 2.26. The molecule has 1 aromatic carbocycles. The Hall–Kier alpha value is -2.70. The summed E-state index contributed by atoms with van der Waals surface area (Å²) in [6.45, 7) is 1.62. The van der Waals surface area contributed by atoms with Crippen molar-refractivity contribution in [3.63, 3.8) is 0 Å². The van der Waals surface area contributed by atoms with Gasteiger partial charge < -0.3 is 15.5 Å². The lowest BCUT2D eigenvalue weighted by Crippen LogP contribution is -2.21. The lowest BCUT2D eigenvalue weighted by molar-refractivity contribution is 0.425. The Kier molecular flexibility index (Phi) is 5.99. The Labute approximate surface area is 158 Å². The molecule has 2 aromatic heterocycles. The molecule has 6 nitrogen and oxygen atoms in total. The minimum atomic E-state index is 0.546. The van der Waals surface area contributed by atoms with Gasteiger partial charge in [-0.05, 0) is 38.4 Å². The van der Waals surface area contributed by atoms with Crippen LogP contribution in [0.5, 0.6) is 0 Å². The van der Waals surface area contributed by atoms with E-state index >= 15 is 0 Å². The van der Waals surface area contributed by atoms with E-state index in [1.807, 2.05) is 62.6 Å². The minimum absolute atomic E-state index is 0.546. The zero-order chi connectivity index (χ0) is 18.4. The largest absolute Gasteiger partial charge is 0.353 e. The Morgan fingerprint density at radius 1 is 1.00 bits per heavy atom. The first-order chi connectivity index (χ1) is 12.6. The molecule has 0 fully saturated rings. The van der Waals surface area contributed by atoms with Crippen molar-refractivity contribution in [1.82, 2.24) is 19.9 Å². The van der Waals surface area contributed by atoms with Crippen LogP contribution in [0.25, 0.3) is 11.4 Å². The molecule has 0 spiro atoms. The van der Waals surface area contributed by atoms with E-state index in [0.717, 1.165) is 30.2 Å². The fourth-order valence-corrected chi connectivity index (χ4v) is 2.51. The number of likely N-dealkylation sites (N-methyl/N-ethyl adjacent to an activating group) is 1. The molecule has 0 amide bonds. The summed E-state index contributed by atoms with van der Waals surface area (Å²) in [6, 6.07) is 15.2. The molecule has 0 aliphatic carbocycles. The number of halogens is 1. The number of nitrogens with zero attached hydrogens (tertiary/aromatic N) is 4. The van der Waals surface area contributed by atoms with Crippen molar-refractivity contribution in [3.05, 3.63) is 59.8 Å². The third kappa shape index (κ3) is 4.91. The molecule has 3 aromatic rings. The predicted octanol–water partition coefficient (Wildman–Crippen LogP) is 3.91. The first kappa shape index (κ1) is 18.1. The first-order valence-electron chi connectivity index (χ1n) is 8.32. The number of aromatic nitrogens is 3. The van der Waals surface area contributed by atoms with Gasteiger partial charge in [-0.25, -0.2) is 4.98 Å².